The number of phenolic OH excluding ortho intramolecular Hbond substituents is 1. The molecule has 492 valence electrons. The number of phenols is 1. The number of epoxide rings is 1. The number of nitrogens with two attached hydrogens (primary N) is 1. The molecular weight excluding hydrogens is 1130 g/mol. The van der Waals surface area contributed by atoms with Crippen LogP contribution in [0.2, 0.25) is 0 Å². The number of benzene rings is 2. The zero-order chi connectivity index (χ0) is 63.8. The Morgan fingerprint density at radius 2 is 1.59 bits per heavy atom. The van der Waals surface area contributed by atoms with E-state index in [0.29, 0.717) is 63.5 Å². The lowest BCUT2D eigenvalue weighted by Crippen LogP contribution is -2.75. The van der Waals surface area contributed by atoms with Crippen LogP contribution < -0.4 is 16.4 Å². The normalized spacial score (nSPS) is 47.7. The van der Waals surface area contributed by atoms with Gasteiger partial charge in [0.25, 0.3) is 0 Å². The van der Waals surface area contributed by atoms with E-state index < -0.39 is 69.1 Å². The highest BCUT2D eigenvalue weighted by atomic mass is 16.6. The molecule has 14 aliphatic rings. The fraction of sp³-hybridized carbons (Fsp3) is 0.700. The number of hydrogen-bond donors (Lipinski definition) is 8. The van der Waals surface area contributed by atoms with Crippen LogP contribution in [-0.4, -0.2) is 92.4 Å². The summed E-state index contributed by atoms with van der Waals surface area (Å²) >= 11 is 0. The van der Waals surface area contributed by atoms with E-state index in [1.165, 1.54) is 16.7 Å². The van der Waals surface area contributed by atoms with Gasteiger partial charge in [-0.2, -0.15) is 0 Å². The summed E-state index contributed by atoms with van der Waals surface area (Å²) < 4.78 is 7.15. The van der Waals surface area contributed by atoms with Crippen molar-refractivity contribution in [2.24, 2.45) is 116 Å². The summed E-state index contributed by atoms with van der Waals surface area (Å²) in [5.41, 5.74) is 9.69. The molecule has 0 aromatic heterocycles. The Hall–Kier alpha value is -4.20. The maximum absolute atomic E-state index is 16.9. The van der Waals surface area contributed by atoms with E-state index in [0.717, 1.165) is 86.6 Å². The van der Waals surface area contributed by atoms with Gasteiger partial charge in [-0.3, -0.25) is 9.59 Å². The number of allylic oxidation sites excluding steroid dienone is 7. The molecule has 16 rings (SSSR count). The summed E-state index contributed by atoms with van der Waals surface area (Å²) in [6.45, 7) is 19.4. The van der Waals surface area contributed by atoms with Crippen molar-refractivity contribution in [3.8, 4) is 5.75 Å². The van der Waals surface area contributed by atoms with Crippen LogP contribution in [-0.2, 0) is 27.3 Å². The Morgan fingerprint density at radius 3 is 2.37 bits per heavy atom. The zero-order valence-corrected chi connectivity index (χ0v) is 56.1. The molecule has 11 heteroatoms. The van der Waals surface area contributed by atoms with Crippen LogP contribution in [0.4, 0.5) is 5.69 Å². The number of aliphatic hydroxyl groups excluding tert-OH is 3. The highest BCUT2D eigenvalue weighted by Gasteiger charge is 2.80. The standard InChI is InChI=1S/C80H109N3O8/c1-42(2)17-19-54-52-22-25-62(86)70(54)80-38-60-72-77(7,59-16-13-29-79(72,28-11-10-27-75(5,90)41-83-60)73(89)66(59)48-32-45(40-82-9)34-50(84)36-48)64(80)26-23-58-69(63(87)39-76(58,80)6)68-55(21-20-53-56-37-46(18-24-61(56)85)65(52)67(53)68)71(88)74-78(8,91-74)57-15-12-14-51(57)47-31-44(30-43(3)4)33-49(81)35-47/h13,16,18,20-22,24-25,31-36,42-43,46,51-57,59-62,64-68,70-72,74,82-86,88,90H,10-12,14-15,17,19,23,26-30,37-41,81H2,1-9H3. The first-order valence-corrected chi connectivity index (χ1v) is 36.5. The average Bonchev–Trinajstić information content (AvgIpc) is 1.64. The summed E-state index contributed by atoms with van der Waals surface area (Å²) in [7, 11) is 1.92. The molecule has 0 radical (unpaired) electrons. The van der Waals surface area contributed by atoms with E-state index in [4.69, 9.17) is 10.5 Å². The molecular formula is C80H109N3O8. The number of aliphatic hydroxyl groups is 4. The van der Waals surface area contributed by atoms with E-state index in [1.54, 1.807) is 0 Å². The van der Waals surface area contributed by atoms with Gasteiger partial charge in [-0.15, -0.1) is 0 Å². The number of nitrogens with one attached hydrogen (secondary N) is 2. The first kappa shape index (κ1) is 62.9. The van der Waals surface area contributed by atoms with Crippen LogP contribution in [0.3, 0.4) is 0 Å². The van der Waals surface area contributed by atoms with Gasteiger partial charge in [-0.1, -0.05) is 134 Å². The van der Waals surface area contributed by atoms with Crippen molar-refractivity contribution in [2.75, 3.05) is 19.3 Å². The van der Waals surface area contributed by atoms with E-state index >= 15 is 9.59 Å². The van der Waals surface area contributed by atoms with Gasteiger partial charge >= 0.3 is 0 Å². The Kier molecular flexibility index (Phi) is 15.5. The minimum absolute atomic E-state index is 0.0148. The zero-order valence-electron chi connectivity index (χ0n) is 56.1. The van der Waals surface area contributed by atoms with Crippen molar-refractivity contribution >= 4 is 17.3 Å². The monoisotopic (exact) mass is 1240 g/mol. The Morgan fingerprint density at radius 1 is 0.824 bits per heavy atom. The predicted octanol–water partition coefficient (Wildman–Crippen LogP) is 12.7. The second kappa shape index (κ2) is 22.4. The van der Waals surface area contributed by atoms with Gasteiger partial charge in [0.05, 0.1) is 35.4 Å². The number of ketones is 2. The molecule has 7 fully saturated rings. The lowest BCUT2D eigenvalue weighted by atomic mass is 9.28. The number of carbonyl (C=O) groups is 2. The molecule has 0 amide bonds. The smallest absolute Gasteiger partial charge is 0.160 e. The first-order chi connectivity index (χ1) is 43.4. The molecule has 2 aromatic rings. The number of hydrogen-bond acceptors (Lipinski definition) is 11. The van der Waals surface area contributed by atoms with Crippen molar-refractivity contribution in [2.45, 2.75) is 218 Å². The van der Waals surface area contributed by atoms with E-state index in [1.807, 2.05) is 26.1 Å². The number of nitrogen functional groups attached to an aromatic ring is 1. The number of rotatable bonds is 12. The molecule has 2 aromatic carbocycles. The minimum Gasteiger partial charge on any atom is -0.508 e. The molecule has 9 N–H and O–H groups in total. The van der Waals surface area contributed by atoms with Crippen molar-refractivity contribution in [1.29, 1.82) is 0 Å². The average molecular weight is 1240 g/mol. The summed E-state index contributed by atoms with van der Waals surface area (Å²) in [5.74, 6) is -0.0150. The number of aromatic hydroxyl groups is 1. The highest BCUT2D eigenvalue weighted by Crippen LogP contribution is 2.82. The molecule has 2 aliphatic heterocycles. The summed E-state index contributed by atoms with van der Waals surface area (Å²) in [5, 5.41) is 71.7. The molecule has 91 heavy (non-hydrogen) atoms. The fourth-order valence-corrected chi connectivity index (χ4v) is 25.9. The first-order valence-electron chi connectivity index (χ1n) is 36.5. The molecule has 2 heterocycles. The van der Waals surface area contributed by atoms with Gasteiger partial charge in [0.2, 0.25) is 0 Å². The molecule has 27 atom stereocenters. The van der Waals surface area contributed by atoms with Gasteiger partial charge in [0.15, 0.2) is 5.78 Å². The van der Waals surface area contributed by atoms with Crippen molar-refractivity contribution in [3.63, 3.8) is 0 Å². The van der Waals surface area contributed by atoms with Gasteiger partial charge in [0, 0.05) is 48.0 Å². The fourth-order valence-electron chi connectivity index (χ4n) is 25.9. The SMILES string of the molecule is CNCc1cc(O)cc(C2C(=O)C34CC=CC2C2(C)C3C(CC35C6C(O)C=CC(C6CCC(C)C)C6C7C=CC(O)C(C7)C7C=CC(C(O)C8OC8(C)C8CCCC8c8cc(N)cc(CC(C)C)c8)C(C8=C(CCC23)C5(C)CC8=O)C76)NCC(C)(O)CCCC4)c1. The third-order valence-corrected chi connectivity index (χ3v) is 28.9. The largest absolute Gasteiger partial charge is 0.508 e. The van der Waals surface area contributed by atoms with Crippen LogP contribution in [0.1, 0.15) is 186 Å². The van der Waals surface area contributed by atoms with E-state index in [9.17, 15) is 25.5 Å². The van der Waals surface area contributed by atoms with Gasteiger partial charge in [-0.05, 0) is 249 Å². The number of fused-ring (bicyclic) bond motifs is 10. The Bertz CT molecular complexity index is 3380. The second-order valence-corrected chi connectivity index (χ2v) is 34.5. The van der Waals surface area contributed by atoms with E-state index in [2.05, 4.69) is 132 Å². The molecule has 2 saturated heterocycles. The molecule has 27 unspecified atom stereocenters. The molecule has 10 bridgehead atoms. The van der Waals surface area contributed by atoms with Gasteiger partial charge in [0.1, 0.15) is 17.6 Å². The van der Waals surface area contributed by atoms with Crippen LogP contribution in [0.15, 0.2) is 96.2 Å². The van der Waals surface area contributed by atoms with Crippen LogP contribution in [0.25, 0.3) is 0 Å². The Labute approximate surface area is 543 Å². The quantitative estimate of drug-likeness (QED) is 0.0572. The number of Topliss-reactive ketones (excluding diaryl/α,β-unsaturated/α-hetero) is 2. The topological polar surface area (TPSA) is 198 Å². The lowest BCUT2D eigenvalue weighted by molar-refractivity contribution is -0.252. The number of ether oxygens (including phenoxy) is 1. The highest BCUT2D eigenvalue weighted by molar-refractivity contribution is 6.01. The number of anilines is 1. The Balaban J connectivity index is 0.938. The van der Waals surface area contributed by atoms with E-state index in [-0.39, 0.29) is 106 Å². The van der Waals surface area contributed by atoms with Crippen LogP contribution in [0.5, 0.6) is 5.75 Å². The lowest BCUT2D eigenvalue weighted by Gasteiger charge is -2.76. The minimum atomic E-state index is -0.996. The van der Waals surface area contributed by atoms with Crippen LogP contribution >= 0.6 is 0 Å². The summed E-state index contributed by atoms with van der Waals surface area (Å²) in [6.07, 6.45) is 28.6. The third kappa shape index (κ3) is 9.35. The second-order valence-electron chi connectivity index (χ2n) is 34.5. The third-order valence-electron chi connectivity index (χ3n) is 28.9. The molecule has 11 nitrogen and oxygen atoms in total. The predicted molar refractivity (Wildman–Crippen MR) is 357 cm³/mol. The molecule has 2 spiro atoms. The van der Waals surface area contributed by atoms with Gasteiger partial charge in [-0.25, -0.2) is 0 Å². The summed E-state index contributed by atoms with van der Waals surface area (Å²) in [4.78, 5) is 33.6. The number of carbonyl (C=O) groups excluding carboxylic acids is 2. The maximum atomic E-state index is 16.9. The summed E-state index contributed by atoms with van der Waals surface area (Å²) in [6, 6.07) is 12.3. The maximum Gasteiger partial charge on any atom is 0.160 e. The molecule has 12 aliphatic carbocycles. The number of β-amino-alcohol motifs (C(OH)–C–C–N with tert-alkyl or cyclic N) is 1. The van der Waals surface area contributed by atoms with Gasteiger partial charge < -0.3 is 46.6 Å². The van der Waals surface area contributed by atoms with Crippen molar-refractivity contribution in [1.82, 2.24) is 10.6 Å². The van der Waals surface area contributed by atoms with Crippen molar-refractivity contribution in [3.05, 3.63) is 118 Å². The van der Waals surface area contributed by atoms with Crippen LogP contribution in [0, 0.1) is 116 Å². The van der Waals surface area contributed by atoms with Crippen molar-refractivity contribution < 1.29 is 39.9 Å². The molecule has 5 saturated carbocycles.